The van der Waals surface area contributed by atoms with Crippen LogP contribution in [0, 0.1) is 27.7 Å². The average molecular weight is 564 g/mol. The summed E-state index contributed by atoms with van der Waals surface area (Å²) < 4.78 is 56.1. The van der Waals surface area contributed by atoms with Gasteiger partial charge in [0, 0.05) is 16.9 Å². The highest BCUT2D eigenvalue weighted by molar-refractivity contribution is 7.93. The first kappa shape index (κ1) is 27.9. The topological polar surface area (TPSA) is 121 Å². The molecule has 0 aliphatic carbocycles. The molecule has 0 unspecified atom stereocenters. The second-order valence-electron chi connectivity index (χ2n) is 9.33. The molecule has 0 heterocycles. The molecule has 4 aromatic carbocycles. The molecule has 1 amide bonds. The first-order chi connectivity index (χ1) is 18.3. The smallest absolute Gasteiger partial charge is 0.261 e. The molecule has 0 aliphatic rings. The molecule has 202 valence electrons. The van der Waals surface area contributed by atoms with Crippen molar-refractivity contribution in [2.24, 2.45) is 0 Å². The van der Waals surface area contributed by atoms with Crippen LogP contribution >= 0.6 is 0 Å². The quantitative estimate of drug-likeness (QED) is 0.251. The molecule has 8 nitrogen and oxygen atoms in total. The van der Waals surface area contributed by atoms with Gasteiger partial charge in [-0.1, -0.05) is 23.8 Å². The van der Waals surface area contributed by atoms with Crippen LogP contribution in [-0.2, 0) is 20.0 Å². The second kappa shape index (κ2) is 10.9. The molecular weight excluding hydrogens is 534 g/mol. The third kappa shape index (κ3) is 6.65. The summed E-state index contributed by atoms with van der Waals surface area (Å²) in [6.07, 6.45) is 0. The zero-order valence-corrected chi connectivity index (χ0v) is 23.6. The summed E-state index contributed by atoms with van der Waals surface area (Å²) in [6, 6.07) is 22.3. The van der Waals surface area contributed by atoms with Gasteiger partial charge in [0.1, 0.15) is 0 Å². The van der Waals surface area contributed by atoms with Crippen LogP contribution in [-0.4, -0.2) is 22.7 Å². The Morgan fingerprint density at radius 1 is 0.564 bits per heavy atom. The number of sulfonamides is 2. The van der Waals surface area contributed by atoms with E-state index in [1.165, 1.54) is 48.5 Å². The van der Waals surface area contributed by atoms with E-state index in [1.807, 2.05) is 26.8 Å². The summed E-state index contributed by atoms with van der Waals surface area (Å²) in [5, 5.41) is 2.73. The van der Waals surface area contributed by atoms with Gasteiger partial charge in [-0.25, -0.2) is 16.8 Å². The number of rotatable bonds is 8. The zero-order valence-electron chi connectivity index (χ0n) is 21.9. The Morgan fingerprint density at radius 2 is 1.13 bits per heavy atom. The number of anilines is 3. The normalized spacial score (nSPS) is 11.6. The highest BCUT2D eigenvalue weighted by atomic mass is 32.2. The Hall–Kier alpha value is -4.15. The lowest BCUT2D eigenvalue weighted by molar-refractivity contribution is 0.102. The fraction of sp³-hybridized carbons (Fsp3) is 0.138. The van der Waals surface area contributed by atoms with Crippen LogP contribution < -0.4 is 14.8 Å². The van der Waals surface area contributed by atoms with E-state index in [-0.39, 0.29) is 9.79 Å². The number of benzene rings is 4. The first-order valence-corrected chi connectivity index (χ1v) is 15.0. The van der Waals surface area contributed by atoms with Crippen molar-refractivity contribution in [2.75, 3.05) is 14.8 Å². The third-order valence-corrected chi connectivity index (χ3v) is 9.02. The van der Waals surface area contributed by atoms with Crippen LogP contribution in [0.2, 0.25) is 0 Å². The fourth-order valence-electron chi connectivity index (χ4n) is 3.78. The van der Waals surface area contributed by atoms with Crippen molar-refractivity contribution >= 4 is 43.0 Å². The van der Waals surface area contributed by atoms with E-state index >= 15 is 0 Å². The van der Waals surface area contributed by atoms with Crippen molar-refractivity contribution < 1.29 is 21.6 Å². The van der Waals surface area contributed by atoms with E-state index in [2.05, 4.69) is 14.8 Å². The SMILES string of the molecule is Cc1ccc(S(=O)(=O)Nc2ccc(C(=O)Nc3ccc(S(=O)(=O)Nc4ccc(C)c(C)c4)cc3)cc2C)cc1. The monoisotopic (exact) mass is 563 g/mol. The molecule has 0 spiro atoms. The van der Waals surface area contributed by atoms with E-state index in [0.29, 0.717) is 28.2 Å². The fourth-order valence-corrected chi connectivity index (χ4v) is 5.96. The molecule has 0 fully saturated rings. The molecule has 39 heavy (non-hydrogen) atoms. The Balaban J connectivity index is 1.43. The minimum Gasteiger partial charge on any atom is -0.322 e. The Bertz CT molecular complexity index is 1750. The van der Waals surface area contributed by atoms with Crippen molar-refractivity contribution in [1.29, 1.82) is 0 Å². The average Bonchev–Trinajstić information content (AvgIpc) is 2.88. The Morgan fingerprint density at radius 3 is 1.72 bits per heavy atom. The minimum atomic E-state index is -3.81. The van der Waals surface area contributed by atoms with Gasteiger partial charge in [0.15, 0.2) is 0 Å². The van der Waals surface area contributed by atoms with Crippen molar-refractivity contribution in [2.45, 2.75) is 37.5 Å². The minimum absolute atomic E-state index is 0.0554. The summed E-state index contributed by atoms with van der Waals surface area (Å²) in [7, 11) is -7.59. The molecule has 3 N–H and O–H groups in total. The lowest BCUT2D eigenvalue weighted by Crippen LogP contribution is -2.16. The van der Waals surface area contributed by atoms with E-state index in [0.717, 1.165) is 16.7 Å². The molecule has 4 rings (SSSR count). The molecule has 0 aliphatic heterocycles. The number of nitrogens with one attached hydrogen (secondary N) is 3. The van der Waals surface area contributed by atoms with Crippen molar-refractivity contribution in [3.05, 3.63) is 113 Å². The van der Waals surface area contributed by atoms with Crippen LogP contribution in [0.4, 0.5) is 17.1 Å². The van der Waals surface area contributed by atoms with Gasteiger partial charge in [-0.3, -0.25) is 14.2 Å². The molecule has 0 saturated heterocycles. The summed E-state index contributed by atoms with van der Waals surface area (Å²) in [6.45, 7) is 7.43. The largest absolute Gasteiger partial charge is 0.322 e. The van der Waals surface area contributed by atoms with Gasteiger partial charge in [-0.2, -0.15) is 0 Å². The van der Waals surface area contributed by atoms with Gasteiger partial charge in [0.05, 0.1) is 15.5 Å². The van der Waals surface area contributed by atoms with Crippen LogP contribution in [0.25, 0.3) is 0 Å². The maximum absolute atomic E-state index is 12.8. The van der Waals surface area contributed by atoms with Gasteiger partial charge in [0.2, 0.25) is 0 Å². The highest BCUT2D eigenvalue weighted by Crippen LogP contribution is 2.23. The highest BCUT2D eigenvalue weighted by Gasteiger charge is 2.17. The van der Waals surface area contributed by atoms with E-state index in [9.17, 15) is 21.6 Å². The molecule has 0 atom stereocenters. The first-order valence-electron chi connectivity index (χ1n) is 12.1. The van der Waals surface area contributed by atoms with Crippen LogP contribution in [0.15, 0.2) is 94.7 Å². The second-order valence-corrected chi connectivity index (χ2v) is 12.7. The van der Waals surface area contributed by atoms with Crippen LogP contribution in [0.5, 0.6) is 0 Å². The van der Waals surface area contributed by atoms with Crippen molar-refractivity contribution in [1.82, 2.24) is 0 Å². The number of carbonyl (C=O) groups excluding carboxylic acids is 1. The molecule has 4 aromatic rings. The van der Waals surface area contributed by atoms with Crippen molar-refractivity contribution in [3.8, 4) is 0 Å². The number of hydrogen-bond donors (Lipinski definition) is 3. The van der Waals surface area contributed by atoms with Gasteiger partial charge in [0.25, 0.3) is 26.0 Å². The molecular formula is C29H29N3O5S2. The molecule has 10 heteroatoms. The maximum atomic E-state index is 12.8. The molecule has 0 aromatic heterocycles. The zero-order chi connectivity index (χ0) is 28.4. The number of carbonyl (C=O) groups is 1. The Labute approximate surface area is 229 Å². The molecule has 0 radical (unpaired) electrons. The summed E-state index contributed by atoms with van der Waals surface area (Å²) in [4.78, 5) is 13.0. The number of amides is 1. The predicted octanol–water partition coefficient (Wildman–Crippen LogP) is 5.77. The standard InChI is InChI=1S/C29H29N3O5S2/c1-19-5-12-26(13-6-19)39(36,37)32-28-16-8-23(17-22(28)4)29(33)30-24-10-14-27(15-11-24)38(34,35)31-25-9-7-20(2)21(3)18-25/h5-18,31-32H,1-4H3,(H,30,33). The van der Waals surface area contributed by atoms with E-state index in [1.54, 1.807) is 37.3 Å². The van der Waals surface area contributed by atoms with Gasteiger partial charge < -0.3 is 5.32 Å². The van der Waals surface area contributed by atoms with Gasteiger partial charge in [-0.15, -0.1) is 0 Å². The summed E-state index contributed by atoms with van der Waals surface area (Å²) in [5.41, 5.74) is 5.11. The summed E-state index contributed by atoms with van der Waals surface area (Å²) in [5.74, 6) is -0.421. The number of aryl methyl sites for hydroxylation is 4. The Kier molecular flexibility index (Phi) is 7.80. The van der Waals surface area contributed by atoms with Gasteiger partial charge >= 0.3 is 0 Å². The number of hydrogen-bond acceptors (Lipinski definition) is 5. The van der Waals surface area contributed by atoms with Crippen LogP contribution in [0.1, 0.15) is 32.6 Å². The lowest BCUT2D eigenvalue weighted by atomic mass is 10.1. The van der Waals surface area contributed by atoms with Crippen molar-refractivity contribution in [3.63, 3.8) is 0 Å². The predicted molar refractivity (Wildman–Crippen MR) is 154 cm³/mol. The lowest BCUT2D eigenvalue weighted by Gasteiger charge is -2.13. The molecule has 0 saturated carbocycles. The van der Waals surface area contributed by atoms with E-state index < -0.39 is 26.0 Å². The van der Waals surface area contributed by atoms with Gasteiger partial charge in [-0.05, 0) is 111 Å². The van der Waals surface area contributed by atoms with Crippen LogP contribution in [0.3, 0.4) is 0 Å². The van der Waals surface area contributed by atoms with E-state index in [4.69, 9.17) is 0 Å². The summed E-state index contributed by atoms with van der Waals surface area (Å²) >= 11 is 0. The third-order valence-electron chi connectivity index (χ3n) is 6.25. The maximum Gasteiger partial charge on any atom is 0.261 e. The molecule has 0 bridgehead atoms.